The molecule has 0 bridgehead atoms. The standard InChI is InChI=1S/C17H22BrN5O3S2/c1-22-16(12-4-3-9-23(10-12)28(2,25)26)20-21-17(22)27-11-15(24)19-14-7-5-13(18)6-8-14/h5-8,12H,3-4,9-11H2,1-2H3,(H,19,24)/t12-/m0/s1. The van der Waals surface area contributed by atoms with Crippen LogP contribution in [-0.2, 0) is 21.9 Å². The van der Waals surface area contributed by atoms with Crippen LogP contribution in [0.15, 0.2) is 33.9 Å². The largest absolute Gasteiger partial charge is 0.325 e. The van der Waals surface area contributed by atoms with E-state index in [1.165, 1.54) is 22.3 Å². The summed E-state index contributed by atoms with van der Waals surface area (Å²) in [4.78, 5) is 12.2. The van der Waals surface area contributed by atoms with Gasteiger partial charge in [0.25, 0.3) is 0 Å². The second-order valence-electron chi connectivity index (χ2n) is 6.70. The van der Waals surface area contributed by atoms with Gasteiger partial charge in [-0.05, 0) is 37.1 Å². The van der Waals surface area contributed by atoms with Gasteiger partial charge in [-0.1, -0.05) is 27.7 Å². The zero-order valence-corrected chi connectivity index (χ0v) is 18.8. The molecule has 1 N–H and O–H groups in total. The van der Waals surface area contributed by atoms with Crippen LogP contribution in [0.25, 0.3) is 0 Å². The lowest BCUT2D eigenvalue weighted by Gasteiger charge is -2.30. The highest BCUT2D eigenvalue weighted by molar-refractivity contribution is 9.10. The molecule has 28 heavy (non-hydrogen) atoms. The van der Waals surface area contributed by atoms with E-state index >= 15 is 0 Å². The summed E-state index contributed by atoms with van der Waals surface area (Å²) in [6.45, 7) is 0.963. The molecule has 0 aliphatic carbocycles. The Morgan fingerprint density at radius 3 is 2.71 bits per heavy atom. The molecule has 0 radical (unpaired) electrons. The molecule has 1 amide bonds. The number of hydrogen-bond acceptors (Lipinski definition) is 6. The number of sulfonamides is 1. The van der Waals surface area contributed by atoms with E-state index < -0.39 is 10.0 Å². The molecule has 8 nitrogen and oxygen atoms in total. The number of anilines is 1. The minimum Gasteiger partial charge on any atom is -0.325 e. The van der Waals surface area contributed by atoms with Crippen molar-refractivity contribution in [2.24, 2.45) is 7.05 Å². The first-order chi connectivity index (χ1) is 13.2. The molecule has 3 rings (SSSR count). The van der Waals surface area contributed by atoms with E-state index in [0.717, 1.165) is 28.8 Å². The number of carbonyl (C=O) groups is 1. The molecule has 11 heteroatoms. The minimum absolute atomic E-state index is 0.00640. The van der Waals surface area contributed by atoms with E-state index in [9.17, 15) is 13.2 Å². The molecule has 1 aliphatic heterocycles. The number of hydrogen-bond donors (Lipinski definition) is 1. The Kier molecular flexibility index (Phi) is 6.79. The number of thioether (sulfide) groups is 1. The fraction of sp³-hybridized carbons (Fsp3) is 0.471. The van der Waals surface area contributed by atoms with Gasteiger partial charge in [0.1, 0.15) is 5.82 Å². The Morgan fingerprint density at radius 2 is 2.04 bits per heavy atom. The Labute approximate surface area is 177 Å². The van der Waals surface area contributed by atoms with E-state index in [4.69, 9.17) is 0 Å². The van der Waals surface area contributed by atoms with Gasteiger partial charge in [0.2, 0.25) is 15.9 Å². The summed E-state index contributed by atoms with van der Waals surface area (Å²) in [7, 11) is -1.36. The van der Waals surface area contributed by atoms with Crippen LogP contribution in [0.1, 0.15) is 24.6 Å². The van der Waals surface area contributed by atoms with Gasteiger partial charge >= 0.3 is 0 Å². The highest BCUT2D eigenvalue weighted by Gasteiger charge is 2.30. The Morgan fingerprint density at radius 1 is 1.32 bits per heavy atom. The number of carbonyl (C=O) groups excluding carboxylic acids is 1. The molecular weight excluding hydrogens is 466 g/mol. The van der Waals surface area contributed by atoms with E-state index in [-0.39, 0.29) is 17.6 Å². The number of benzene rings is 1. The van der Waals surface area contributed by atoms with Gasteiger partial charge in [-0.15, -0.1) is 10.2 Å². The van der Waals surface area contributed by atoms with Crippen LogP contribution >= 0.6 is 27.7 Å². The van der Waals surface area contributed by atoms with Crippen molar-refractivity contribution >= 4 is 49.3 Å². The van der Waals surface area contributed by atoms with Crippen molar-refractivity contribution in [2.45, 2.75) is 23.9 Å². The molecule has 1 aromatic carbocycles. The molecule has 0 spiro atoms. The van der Waals surface area contributed by atoms with Crippen LogP contribution < -0.4 is 5.32 Å². The van der Waals surface area contributed by atoms with Crippen molar-refractivity contribution < 1.29 is 13.2 Å². The van der Waals surface area contributed by atoms with Gasteiger partial charge in [0, 0.05) is 36.2 Å². The maximum Gasteiger partial charge on any atom is 0.234 e. The molecule has 1 aromatic heterocycles. The molecule has 2 heterocycles. The predicted molar refractivity (Wildman–Crippen MR) is 113 cm³/mol. The molecule has 1 aliphatic rings. The van der Waals surface area contributed by atoms with Gasteiger partial charge in [0.15, 0.2) is 5.16 Å². The van der Waals surface area contributed by atoms with Crippen LogP contribution in [-0.4, -0.2) is 58.5 Å². The molecule has 1 fully saturated rings. The third-order valence-corrected chi connectivity index (χ3v) is 7.37. The molecule has 1 saturated heterocycles. The van der Waals surface area contributed by atoms with Crippen molar-refractivity contribution in [3.8, 4) is 0 Å². The number of amides is 1. The van der Waals surface area contributed by atoms with Gasteiger partial charge < -0.3 is 9.88 Å². The SMILES string of the molecule is Cn1c(SCC(=O)Nc2ccc(Br)cc2)nnc1[C@H]1CCCN(S(C)(=O)=O)C1. The fourth-order valence-electron chi connectivity index (χ4n) is 3.12. The first kappa shape index (κ1) is 21.3. The zero-order valence-electron chi connectivity index (χ0n) is 15.6. The number of halogens is 1. The Balaban J connectivity index is 1.60. The van der Waals surface area contributed by atoms with Crippen molar-refractivity contribution in [1.82, 2.24) is 19.1 Å². The van der Waals surface area contributed by atoms with E-state index in [0.29, 0.717) is 18.2 Å². The van der Waals surface area contributed by atoms with Crippen LogP contribution in [0.5, 0.6) is 0 Å². The summed E-state index contributed by atoms with van der Waals surface area (Å²) in [5.41, 5.74) is 0.732. The van der Waals surface area contributed by atoms with Gasteiger partial charge in [-0.2, -0.15) is 0 Å². The van der Waals surface area contributed by atoms with E-state index in [2.05, 4.69) is 31.4 Å². The maximum atomic E-state index is 12.2. The van der Waals surface area contributed by atoms with Crippen LogP contribution in [0.2, 0.25) is 0 Å². The average molecular weight is 488 g/mol. The molecular formula is C17H22BrN5O3S2. The summed E-state index contributed by atoms with van der Waals surface area (Å²) in [5, 5.41) is 11.9. The summed E-state index contributed by atoms with van der Waals surface area (Å²) < 4.78 is 28.0. The normalized spacial score (nSPS) is 18.2. The van der Waals surface area contributed by atoms with Crippen molar-refractivity contribution in [3.05, 3.63) is 34.6 Å². The quantitative estimate of drug-likeness (QED) is 0.628. The molecule has 1 atom stereocenters. The smallest absolute Gasteiger partial charge is 0.234 e. The summed E-state index contributed by atoms with van der Waals surface area (Å²) in [6.07, 6.45) is 2.90. The van der Waals surface area contributed by atoms with Crippen molar-refractivity contribution in [2.75, 3.05) is 30.4 Å². The average Bonchev–Trinajstić information content (AvgIpc) is 3.02. The highest BCUT2D eigenvalue weighted by Crippen LogP contribution is 2.28. The second kappa shape index (κ2) is 8.93. The lowest BCUT2D eigenvalue weighted by Crippen LogP contribution is -2.39. The Bertz CT molecular complexity index is 946. The first-order valence-electron chi connectivity index (χ1n) is 8.76. The third kappa shape index (κ3) is 5.34. The van der Waals surface area contributed by atoms with Crippen molar-refractivity contribution in [3.63, 3.8) is 0 Å². The minimum atomic E-state index is -3.21. The van der Waals surface area contributed by atoms with Crippen LogP contribution in [0, 0.1) is 0 Å². The number of nitrogens with zero attached hydrogens (tertiary/aromatic N) is 4. The summed E-state index contributed by atoms with van der Waals surface area (Å²) in [6, 6.07) is 7.37. The Hall–Kier alpha value is -1.43. The van der Waals surface area contributed by atoms with Crippen LogP contribution in [0.3, 0.4) is 0 Å². The number of nitrogens with one attached hydrogen (secondary N) is 1. The zero-order chi connectivity index (χ0) is 20.3. The lowest BCUT2D eigenvalue weighted by atomic mass is 9.99. The first-order valence-corrected chi connectivity index (χ1v) is 12.4. The maximum absolute atomic E-state index is 12.2. The predicted octanol–water partition coefficient (Wildman–Crippen LogP) is 2.45. The topological polar surface area (TPSA) is 97.2 Å². The van der Waals surface area contributed by atoms with E-state index in [1.54, 1.807) is 0 Å². The van der Waals surface area contributed by atoms with E-state index in [1.807, 2.05) is 35.9 Å². The fourth-order valence-corrected chi connectivity index (χ4v) is 5.02. The second-order valence-corrected chi connectivity index (χ2v) is 10.5. The lowest BCUT2D eigenvalue weighted by molar-refractivity contribution is -0.113. The summed E-state index contributed by atoms with van der Waals surface area (Å²) >= 11 is 4.66. The molecule has 2 aromatic rings. The number of piperidine rings is 1. The van der Waals surface area contributed by atoms with Gasteiger partial charge in [-0.25, -0.2) is 12.7 Å². The van der Waals surface area contributed by atoms with Crippen molar-refractivity contribution in [1.29, 1.82) is 0 Å². The number of rotatable bonds is 6. The van der Waals surface area contributed by atoms with Crippen LogP contribution in [0.4, 0.5) is 5.69 Å². The third-order valence-electron chi connectivity index (χ3n) is 4.55. The summed E-state index contributed by atoms with van der Waals surface area (Å²) in [5.74, 6) is 0.844. The molecule has 0 unspecified atom stereocenters. The number of aromatic nitrogens is 3. The highest BCUT2D eigenvalue weighted by atomic mass is 79.9. The molecule has 152 valence electrons. The molecule has 0 saturated carbocycles. The van der Waals surface area contributed by atoms with Gasteiger partial charge in [0.05, 0.1) is 12.0 Å². The monoisotopic (exact) mass is 487 g/mol. The van der Waals surface area contributed by atoms with Gasteiger partial charge in [-0.3, -0.25) is 4.79 Å².